The summed E-state index contributed by atoms with van der Waals surface area (Å²) in [4.78, 5) is 12.6. The van der Waals surface area contributed by atoms with Crippen LogP contribution in [0.1, 0.15) is 23.6 Å². The molecule has 0 bridgehead atoms. The lowest BCUT2D eigenvalue weighted by Gasteiger charge is -2.15. The van der Waals surface area contributed by atoms with Gasteiger partial charge in [-0.1, -0.05) is 51.8 Å². The van der Waals surface area contributed by atoms with Gasteiger partial charge >= 0.3 is 6.18 Å². The van der Waals surface area contributed by atoms with E-state index in [2.05, 4.69) is 21.2 Å². The molecule has 5 nitrogen and oxygen atoms in total. The van der Waals surface area contributed by atoms with Gasteiger partial charge in [-0.05, 0) is 55.0 Å². The summed E-state index contributed by atoms with van der Waals surface area (Å²) < 4.78 is 50.9. The number of alkyl halides is 3. The summed E-state index contributed by atoms with van der Waals surface area (Å²) in [5.41, 5.74) is -0.119. The molecular formula is C26H19BrClF3N2O3. The molecule has 1 amide bonds. The summed E-state index contributed by atoms with van der Waals surface area (Å²) in [7, 11) is 0. The van der Waals surface area contributed by atoms with E-state index >= 15 is 0 Å². The lowest BCUT2D eigenvalue weighted by atomic mass is 10.1. The number of nitrogens with zero attached hydrogens (tertiary/aromatic N) is 1. The molecule has 0 aliphatic rings. The molecule has 0 fully saturated rings. The topological polar surface area (TPSA) is 71.3 Å². The SMILES string of the molecule is CCOc1cc(/C=C(\C#N)C(=O)Nc2cccc(C(F)(F)F)c2)c(Br)cc1OCc1ccccc1Cl. The molecule has 186 valence electrons. The number of hydrogen-bond donors (Lipinski definition) is 1. The van der Waals surface area contributed by atoms with E-state index < -0.39 is 17.6 Å². The van der Waals surface area contributed by atoms with Gasteiger partial charge in [-0.2, -0.15) is 18.4 Å². The first-order chi connectivity index (χ1) is 17.1. The Morgan fingerprint density at radius 1 is 1.11 bits per heavy atom. The van der Waals surface area contributed by atoms with E-state index in [4.69, 9.17) is 21.1 Å². The van der Waals surface area contributed by atoms with Crippen LogP contribution in [0.15, 0.2) is 70.7 Å². The van der Waals surface area contributed by atoms with Crippen molar-refractivity contribution in [2.24, 2.45) is 0 Å². The van der Waals surface area contributed by atoms with Crippen molar-refractivity contribution in [2.75, 3.05) is 11.9 Å². The van der Waals surface area contributed by atoms with Crippen molar-refractivity contribution >= 4 is 45.2 Å². The van der Waals surface area contributed by atoms with Crippen molar-refractivity contribution in [3.05, 3.63) is 92.4 Å². The van der Waals surface area contributed by atoms with Crippen LogP contribution in [0, 0.1) is 11.3 Å². The van der Waals surface area contributed by atoms with Crippen LogP contribution in [-0.2, 0) is 17.6 Å². The molecule has 3 aromatic rings. The van der Waals surface area contributed by atoms with E-state index in [0.717, 1.165) is 17.7 Å². The molecule has 0 heterocycles. The lowest BCUT2D eigenvalue weighted by molar-refractivity contribution is -0.137. The van der Waals surface area contributed by atoms with Crippen molar-refractivity contribution in [1.29, 1.82) is 5.26 Å². The molecule has 0 spiro atoms. The van der Waals surface area contributed by atoms with Gasteiger partial charge in [0.05, 0.1) is 12.2 Å². The third-order valence-electron chi connectivity index (χ3n) is 4.82. The lowest BCUT2D eigenvalue weighted by Crippen LogP contribution is -2.14. The predicted octanol–water partition coefficient (Wildman–Crippen LogP) is 7.64. The molecule has 0 aliphatic carbocycles. The van der Waals surface area contributed by atoms with E-state index in [1.807, 2.05) is 18.2 Å². The number of hydrogen-bond acceptors (Lipinski definition) is 4. The van der Waals surface area contributed by atoms with Gasteiger partial charge in [0, 0.05) is 20.7 Å². The minimum absolute atomic E-state index is 0.0895. The summed E-state index contributed by atoms with van der Waals surface area (Å²) in [6.45, 7) is 2.30. The summed E-state index contributed by atoms with van der Waals surface area (Å²) in [5.74, 6) is -0.0805. The van der Waals surface area contributed by atoms with Crippen molar-refractivity contribution in [2.45, 2.75) is 19.7 Å². The van der Waals surface area contributed by atoms with Crippen LogP contribution >= 0.6 is 27.5 Å². The van der Waals surface area contributed by atoms with Gasteiger partial charge in [0.15, 0.2) is 11.5 Å². The third kappa shape index (κ3) is 7.03. The number of rotatable bonds is 8. The Balaban J connectivity index is 1.86. The number of nitriles is 1. The number of ether oxygens (including phenoxy) is 2. The van der Waals surface area contributed by atoms with Crippen LogP contribution in [0.5, 0.6) is 11.5 Å². The molecule has 0 unspecified atom stereocenters. The highest BCUT2D eigenvalue weighted by Gasteiger charge is 2.30. The Morgan fingerprint density at radius 3 is 2.50 bits per heavy atom. The Hall–Kier alpha value is -3.48. The quantitative estimate of drug-likeness (QED) is 0.220. The van der Waals surface area contributed by atoms with Crippen molar-refractivity contribution in [1.82, 2.24) is 0 Å². The molecule has 3 aromatic carbocycles. The highest BCUT2D eigenvalue weighted by molar-refractivity contribution is 9.10. The second kappa shape index (κ2) is 12.0. The standard InChI is InChI=1S/C26H19BrClF3N2O3/c1-2-35-23-11-17(21(27)13-24(23)36-15-16-6-3-4-9-22(16)28)10-18(14-32)25(34)33-20-8-5-7-19(12-20)26(29,30)31/h3-13H,2,15H2,1H3,(H,33,34)/b18-10+. The van der Waals surface area contributed by atoms with Crippen LogP contribution in [-0.4, -0.2) is 12.5 Å². The van der Waals surface area contributed by atoms with Gasteiger partial charge < -0.3 is 14.8 Å². The van der Waals surface area contributed by atoms with Crippen molar-refractivity contribution < 1.29 is 27.4 Å². The largest absolute Gasteiger partial charge is 0.490 e. The van der Waals surface area contributed by atoms with Crippen molar-refractivity contribution in [3.8, 4) is 17.6 Å². The smallest absolute Gasteiger partial charge is 0.416 e. The average molecular weight is 580 g/mol. The monoisotopic (exact) mass is 578 g/mol. The number of halogens is 5. The number of anilines is 1. The van der Waals surface area contributed by atoms with Crippen LogP contribution in [0.3, 0.4) is 0 Å². The minimum Gasteiger partial charge on any atom is -0.490 e. The molecule has 0 atom stereocenters. The van der Waals surface area contributed by atoms with Gasteiger partial charge in [-0.15, -0.1) is 0 Å². The summed E-state index contributed by atoms with van der Waals surface area (Å²) in [6, 6.07) is 16.4. The fraction of sp³-hybridized carbons (Fsp3) is 0.154. The van der Waals surface area contributed by atoms with Crippen LogP contribution < -0.4 is 14.8 Å². The molecule has 10 heteroatoms. The Morgan fingerprint density at radius 2 is 1.83 bits per heavy atom. The Labute approximate surface area is 219 Å². The maximum Gasteiger partial charge on any atom is 0.416 e. The van der Waals surface area contributed by atoms with Crippen LogP contribution in [0.2, 0.25) is 5.02 Å². The van der Waals surface area contributed by atoms with Crippen molar-refractivity contribution in [3.63, 3.8) is 0 Å². The summed E-state index contributed by atoms with van der Waals surface area (Å²) in [5, 5.41) is 12.4. The van der Waals surface area contributed by atoms with Gasteiger partial charge in [-0.3, -0.25) is 4.79 Å². The molecule has 0 aromatic heterocycles. The highest BCUT2D eigenvalue weighted by Crippen LogP contribution is 2.36. The fourth-order valence-corrected chi connectivity index (χ4v) is 3.72. The molecule has 0 aliphatic heterocycles. The first-order valence-corrected chi connectivity index (χ1v) is 11.7. The molecule has 3 rings (SSSR count). The Kier molecular flexibility index (Phi) is 9.02. The van der Waals surface area contributed by atoms with Gasteiger partial charge in [0.25, 0.3) is 5.91 Å². The second-order valence-electron chi connectivity index (χ2n) is 7.34. The van der Waals surface area contributed by atoms with E-state index in [9.17, 15) is 23.2 Å². The number of nitrogens with one attached hydrogen (secondary N) is 1. The van der Waals surface area contributed by atoms with Gasteiger partial charge in [-0.25, -0.2) is 0 Å². The molecule has 0 saturated heterocycles. The average Bonchev–Trinajstić information content (AvgIpc) is 2.83. The number of amides is 1. The number of benzene rings is 3. The first-order valence-electron chi connectivity index (χ1n) is 10.5. The zero-order valence-electron chi connectivity index (χ0n) is 18.8. The maximum absolute atomic E-state index is 13.0. The van der Waals surface area contributed by atoms with Crippen LogP contribution in [0.4, 0.5) is 18.9 Å². The minimum atomic E-state index is -4.56. The van der Waals surface area contributed by atoms with Gasteiger partial charge in [0.2, 0.25) is 0 Å². The summed E-state index contributed by atoms with van der Waals surface area (Å²) >= 11 is 9.59. The normalized spacial score (nSPS) is 11.5. The molecule has 0 saturated carbocycles. The predicted molar refractivity (Wildman–Crippen MR) is 135 cm³/mol. The maximum atomic E-state index is 13.0. The van der Waals surface area contributed by atoms with E-state index in [1.165, 1.54) is 18.2 Å². The molecule has 36 heavy (non-hydrogen) atoms. The second-order valence-corrected chi connectivity index (χ2v) is 8.60. The zero-order chi connectivity index (χ0) is 26.3. The number of carbonyl (C=O) groups excluding carboxylic acids is 1. The van der Waals surface area contributed by atoms with Gasteiger partial charge in [0.1, 0.15) is 18.2 Å². The van der Waals surface area contributed by atoms with E-state index in [-0.39, 0.29) is 17.9 Å². The zero-order valence-corrected chi connectivity index (χ0v) is 21.2. The van der Waals surface area contributed by atoms with Crippen LogP contribution in [0.25, 0.3) is 6.08 Å². The molecular weight excluding hydrogens is 561 g/mol. The third-order valence-corrected chi connectivity index (χ3v) is 5.87. The van der Waals surface area contributed by atoms with E-state index in [0.29, 0.717) is 33.2 Å². The van der Waals surface area contributed by atoms with E-state index in [1.54, 1.807) is 31.2 Å². The Bertz CT molecular complexity index is 1340. The summed E-state index contributed by atoms with van der Waals surface area (Å²) in [6.07, 6.45) is -3.27. The highest BCUT2D eigenvalue weighted by atomic mass is 79.9. The molecule has 0 radical (unpaired) electrons. The fourth-order valence-electron chi connectivity index (χ4n) is 3.09. The first kappa shape index (κ1) is 27.1. The number of carbonyl (C=O) groups is 1. The molecule has 1 N–H and O–H groups in total.